The highest BCUT2D eigenvalue weighted by atomic mass is 32.2. The second-order valence-electron chi connectivity index (χ2n) is 5.90. The standard InChI is InChI=1S/C15H31NO3S/c1-4-15(5-2,16-11-7-8-12-16)14(17)10-9-13-20(18,19)6-3/h14,17H,4-13H2,1-3H3. The van der Waals surface area contributed by atoms with Crippen LogP contribution in [0.25, 0.3) is 0 Å². The average molecular weight is 305 g/mol. The molecule has 1 saturated heterocycles. The summed E-state index contributed by atoms with van der Waals surface area (Å²) in [5.74, 6) is 0.395. The van der Waals surface area contributed by atoms with Crippen molar-refractivity contribution in [1.29, 1.82) is 0 Å². The molecule has 0 radical (unpaired) electrons. The van der Waals surface area contributed by atoms with Crippen LogP contribution in [0.3, 0.4) is 0 Å². The molecule has 1 fully saturated rings. The third kappa shape index (κ3) is 4.18. The first-order valence-corrected chi connectivity index (χ1v) is 9.87. The van der Waals surface area contributed by atoms with Crippen molar-refractivity contribution in [1.82, 2.24) is 4.90 Å². The molecular formula is C15H31NO3S. The van der Waals surface area contributed by atoms with Gasteiger partial charge in [-0.3, -0.25) is 4.90 Å². The molecule has 0 aromatic carbocycles. The fourth-order valence-electron chi connectivity index (χ4n) is 3.45. The van der Waals surface area contributed by atoms with E-state index >= 15 is 0 Å². The predicted octanol–water partition coefficient (Wildman–Crippen LogP) is 2.22. The van der Waals surface area contributed by atoms with Crippen molar-refractivity contribution in [3.8, 4) is 0 Å². The second-order valence-corrected chi connectivity index (χ2v) is 8.37. The largest absolute Gasteiger partial charge is 0.391 e. The van der Waals surface area contributed by atoms with Gasteiger partial charge in [0.15, 0.2) is 0 Å². The normalized spacial score (nSPS) is 19.4. The van der Waals surface area contributed by atoms with Crippen molar-refractivity contribution < 1.29 is 13.5 Å². The highest BCUT2D eigenvalue weighted by molar-refractivity contribution is 7.91. The van der Waals surface area contributed by atoms with E-state index in [1.807, 2.05) is 0 Å². The van der Waals surface area contributed by atoms with E-state index in [1.54, 1.807) is 6.92 Å². The van der Waals surface area contributed by atoms with E-state index in [-0.39, 0.29) is 17.0 Å². The van der Waals surface area contributed by atoms with E-state index < -0.39 is 15.9 Å². The predicted molar refractivity (Wildman–Crippen MR) is 83.7 cm³/mol. The Kier molecular flexibility index (Phi) is 6.95. The highest BCUT2D eigenvalue weighted by Gasteiger charge is 2.40. The molecule has 5 heteroatoms. The van der Waals surface area contributed by atoms with Crippen LogP contribution in [0.5, 0.6) is 0 Å². The lowest BCUT2D eigenvalue weighted by Crippen LogP contribution is -2.55. The first-order chi connectivity index (χ1) is 9.41. The molecule has 0 spiro atoms. The van der Waals surface area contributed by atoms with Gasteiger partial charge in [0.2, 0.25) is 0 Å². The maximum Gasteiger partial charge on any atom is 0.150 e. The van der Waals surface area contributed by atoms with Crippen molar-refractivity contribution in [3.05, 3.63) is 0 Å². The molecule has 1 aliphatic heterocycles. The van der Waals surface area contributed by atoms with Gasteiger partial charge in [-0.1, -0.05) is 20.8 Å². The molecule has 1 unspecified atom stereocenters. The zero-order chi connectivity index (χ0) is 15.2. The molecule has 4 nitrogen and oxygen atoms in total. The van der Waals surface area contributed by atoms with Gasteiger partial charge in [0.05, 0.1) is 11.9 Å². The Morgan fingerprint density at radius 3 is 2.15 bits per heavy atom. The van der Waals surface area contributed by atoms with Crippen LogP contribution in [0.2, 0.25) is 0 Å². The van der Waals surface area contributed by atoms with Gasteiger partial charge in [-0.2, -0.15) is 0 Å². The summed E-state index contributed by atoms with van der Waals surface area (Å²) in [6.07, 6.45) is 4.97. The van der Waals surface area contributed by atoms with E-state index in [0.29, 0.717) is 12.8 Å². The zero-order valence-corrected chi connectivity index (χ0v) is 14.1. The molecule has 0 saturated carbocycles. The molecular weight excluding hydrogens is 274 g/mol. The van der Waals surface area contributed by atoms with Gasteiger partial charge in [-0.15, -0.1) is 0 Å². The summed E-state index contributed by atoms with van der Waals surface area (Å²) in [7, 11) is -2.92. The molecule has 1 rings (SSSR count). The Labute approximate surface area is 124 Å². The van der Waals surface area contributed by atoms with E-state index in [2.05, 4.69) is 18.7 Å². The Morgan fingerprint density at radius 2 is 1.70 bits per heavy atom. The Balaban J connectivity index is 2.62. The summed E-state index contributed by atoms with van der Waals surface area (Å²) in [5, 5.41) is 10.7. The van der Waals surface area contributed by atoms with Crippen LogP contribution < -0.4 is 0 Å². The number of aliphatic hydroxyl groups is 1. The molecule has 0 aliphatic carbocycles. The summed E-state index contributed by atoms with van der Waals surface area (Å²) in [5.41, 5.74) is -0.160. The molecule has 1 heterocycles. The summed E-state index contributed by atoms with van der Waals surface area (Å²) in [4.78, 5) is 2.42. The number of hydrogen-bond acceptors (Lipinski definition) is 4. The van der Waals surface area contributed by atoms with Crippen LogP contribution in [-0.4, -0.2) is 54.7 Å². The smallest absolute Gasteiger partial charge is 0.150 e. The first kappa shape index (κ1) is 17.9. The molecule has 1 aliphatic rings. The molecule has 0 aromatic rings. The lowest BCUT2D eigenvalue weighted by atomic mass is 9.82. The van der Waals surface area contributed by atoms with Gasteiger partial charge >= 0.3 is 0 Å². The molecule has 20 heavy (non-hydrogen) atoms. The van der Waals surface area contributed by atoms with E-state index in [4.69, 9.17) is 0 Å². The SMILES string of the molecule is CCC(CC)(C(O)CCCS(=O)(=O)CC)N1CCCC1. The number of hydrogen-bond donors (Lipinski definition) is 1. The number of nitrogens with zero attached hydrogens (tertiary/aromatic N) is 1. The zero-order valence-electron chi connectivity index (χ0n) is 13.3. The Morgan fingerprint density at radius 1 is 1.15 bits per heavy atom. The monoisotopic (exact) mass is 305 g/mol. The van der Waals surface area contributed by atoms with Gasteiger partial charge in [0.1, 0.15) is 9.84 Å². The van der Waals surface area contributed by atoms with Crippen molar-refractivity contribution in [2.24, 2.45) is 0 Å². The van der Waals surface area contributed by atoms with Crippen LogP contribution >= 0.6 is 0 Å². The Hall–Kier alpha value is -0.130. The van der Waals surface area contributed by atoms with Gasteiger partial charge in [0, 0.05) is 11.3 Å². The van der Waals surface area contributed by atoms with Crippen LogP contribution in [0.1, 0.15) is 59.3 Å². The van der Waals surface area contributed by atoms with Crippen molar-refractivity contribution in [2.45, 2.75) is 70.9 Å². The van der Waals surface area contributed by atoms with Crippen molar-refractivity contribution in [3.63, 3.8) is 0 Å². The topological polar surface area (TPSA) is 57.6 Å². The van der Waals surface area contributed by atoms with Crippen molar-refractivity contribution in [2.75, 3.05) is 24.6 Å². The number of rotatable bonds is 9. The number of sulfone groups is 1. The molecule has 0 amide bonds. The van der Waals surface area contributed by atoms with Gasteiger partial charge in [-0.25, -0.2) is 8.42 Å². The maximum atomic E-state index is 11.5. The lowest BCUT2D eigenvalue weighted by Gasteiger charge is -2.44. The van der Waals surface area contributed by atoms with Crippen molar-refractivity contribution >= 4 is 9.84 Å². The van der Waals surface area contributed by atoms with Crippen LogP contribution in [0.4, 0.5) is 0 Å². The molecule has 1 N–H and O–H groups in total. The van der Waals surface area contributed by atoms with E-state index in [9.17, 15) is 13.5 Å². The van der Waals surface area contributed by atoms with Crippen LogP contribution in [0, 0.1) is 0 Å². The fraction of sp³-hybridized carbons (Fsp3) is 1.00. The van der Waals surface area contributed by atoms with Crippen LogP contribution in [0.15, 0.2) is 0 Å². The average Bonchev–Trinajstić information content (AvgIpc) is 2.95. The molecule has 120 valence electrons. The Bertz CT molecular complexity index is 371. The fourth-order valence-corrected chi connectivity index (χ4v) is 4.35. The number of likely N-dealkylation sites (tertiary alicyclic amines) is 1. The van der Waals surface area contributed by atoms with Gasteiger partial charge in [0.25, 0.3) is 0 Å². The second kappa shape index (κ2) is 7.76. The third-order valence-corrected chi connectivity index (χ3v) is 6.74. The minimum atomic E-state index is -2.92. The summed E-state index contributed by atoms with van der Waals surface area (Å²) in [6.45, 7) is 8.07. The summed E-state index contributed by atoms with van der Waals surface area (Å²) < 4.78 is 23.1. The maximum absolute atomic E-state index is 11.5. The summed E-state index contributed by atoms with van der Waals surface area (Å²) >= 11 is 0. The third-order valence-electron chi connectivity index (χ3n) is 4.95. The van der Waals surface area contributed by atoms with Crippen LogP contribution in [-0.2, 0) is 9.84 Å². The first-order valence-electron chi connectivity index (χ1n) is 8.05. The lowest BCUT2D eigenvalue weighted by molar-refractivity contribution is -0.0317. The number of aliphatic hydroxyl groups excluding tert-OH is 1. The molecule has 1 atom stereocenters. The molecule has 0 bridgehead atoms. The molecule has 0 aromatic heterocycles. The van der Waals surface area contributed by atoms with E-state index in [1.165, 1.54) is 12.8 Å². The highest BCUT2D eigenvalue weighted by Crippen LogP contribution is 2.33. The van der Waals surface area contributed by atoms with Gasteiger partial charge < -0.3 is 5.11 Å². The minimum absolute atomic E-state index is 0.160. The summed E-state index contributed by atoms with van der Waals surface area (Å²) in [6, 6.07) is 0. The van der Waals surface area contributed by atoms with E-state index in [0.717, 1.165) is 25.9 Å². The van der Waals surface area contributed by atoms with Gasteiger partial charge in [-0.05, 0) is 51.6 Å². The quantitative estimate of drug-likeness (QED) is 0.709. The minimum Gasteiger partial charge on any atom is -0.391 e.